The van der Waals surface area contributed by atoms with Crippen LogP contribution < -0.4 is 5.32 Å². The summed E-state index contributed by atoms with van der Waals surface area (Å²) in [4.78, 5) is 17.2. The molecule has 0 unspecified atom stereocenters. The van der Waals surface area contributed by atoms with Crippen LogP contribution in [0.1, 0.15) is 27.4 Å². The zero-order valence-electron chi connectivity index (χ0n) is 16.9. The number of carbonyl (C=O) groups is 1. The van der Waals surface area contributed by atoms with Crippen molar-refractivity contribution in [2.75, 3.05) is 6.54 Å². The lowest BCUT2D eigenvalue weighted by Crippen LogP contribution is -2.27. The van der Waals surface area contributed by atoms with Crippen molar-refractivity contribution in [3.05, 3.63) is 101 Å². The fourth-order valence-electron chi connectivity index (χ4n) is 3.38. The van der Waals surface area contributed by atoms with Crippen LogP contribution in [0.25, 0.3) is 5.69 Å². The Hall–Kier alpha value is -3.45. The maximum Gasteiger partial charge on any atom is 0.256 e. The Bertz CT molecular complexity index is 1180. The first-order chi connectivity index (χ1) is 15.0. The van der Waals surface area contributed by atoms with E-state index in [2.05, 4.69) is 32.1 Å². The molecule has 0 aliphatic heterocycles. The van der Waals surface area contributed by atoms with Gasteiger partial charge in [0.1, 0.15) is 16.8 Å². The summed E-state index contributed by atoms with van der Waals surface area (Å²) in [6.07, 6.45) is 4.26. The summed E-state index contributed by atoms with van der Waals surface area (Å²) in [6.45, 7) is 2.84. The molecule has 8 heteroatoms. The second-order valence-electron chi connectivity index (χ2n) is 7.10. The van der Waals surface area contributed by atoms with Gasteiger partial charge in [-0.2, -0.15) is 5.10 Å². The highest BCUT2D eigenvalue weighted by atomic mass is 35.5. The summed E-state index contributed by atoms with van der Waals surface area (Å²) >= 11 is 6.42. The standard InChI is InChI=1S/C23H21ClFN5O/c1-16-21(22(24)30(28-16)19-9-7-18(25)8-10-19)23(31)27-12-11-20-26-13-14-29(20)15-17-5-3-2-4-6-17/h2-10,13-14H,11-12,15H2,1H3,(H,27,31). The number of benzene rings is 2. The van der Waals surface area contributed by atoms with E-state index >= 15 is 0 Å². The van der Waals surface area contributed by atoms with Crippen LogP contribution in [0.4, 0.5) is 4.39 Å². The van der Waals surface area contributed by atoms with Crippen molar-refractivity contribution < 1.29 is 9.18 Å². The number of imidazole rings is 1. The Kier molecular flexibility index (Phi) is 6.13. The third-order valence-electron chi connectivity index (χ3n) is 4.93. The number of rotatable bonds is 7. The second kappa shape index (κ2) is 9.14. The summed E-state index contributed by atoms with van der Waals surface area (Å²) in [6, 6.07) is 15.9. The lowest BCUT2D eigenvalue weighted by molar-refractivity contribution is 0.0953. The fourth-order valence-corrected chi connectivity index (χ4v) is 3.74. The highest BCUT2D eigenvalue weighted by molar-refractivity contribution is 6.33. The largest absolute Gasteiger partial charge is 0.351 e. The van der Waals surface area contributed by atoms with E-state index in [9.17, 15) is 9.18 Å². The quantitative estimate of drug-likeness (QED) is 0.471. The van der Waals surface area contributed by atoms with Gasteiger partial charge in [0, 0.05) is 31.9 Å². The molecule has 4 aromatic rings. The molecule has 0 spiro atoms. The minimum absolute atomic E-state index is 0.187. The fraction of sp³-hybridized carbons (Fsp3) is 0.174. The molecule has 2 aromatic heterocycles. The molecule has 0 saturated carbocycles. The van der Waals surface area contributed by atoms with Crippen molar-refractivity contribution in [1.29, 1.82) is 0 Å². The molecule has 1 amide bonds. The van der Waals surface area contributed by atoms with Gasteiger partial charge in [-0.05, 0) is 36.8 Å². The molecule has 31 heavy (non-hydrogen) atoms. The van der Waals surface area contributed by atoms with Crippen LogP contribution in [0, 0.1) is 12.7 Å². The molecule has 0 bridgehead atoms. The Morgan fingerprint density at radius 1 is 1.13 bits per heavy atom. The number of hydrogen-bond donors (Lipinski definition) is 1. The van der Waals surface area contributed by atoms with Crippen LogP contribution in [0.2, 0.25) is 5.15 Å². The molecule has 158 valence electrons. The van der Waals surface area contributed by atoms with Gasteiger partial charge in [0.15, 0.2) is 0 Å². The van der Waals surface area contributed by atoms with Crippen molar-refractivity contribution >= 4 is 17.5 Å². The normalized spacial score (nSPS) is 10.9. The van der Waals surface area contributed by atoms with Gasteiger partial charge in [0.2, 0.25) is 0 Å². The van der Waals surface area contributed by atoms with E-state index in [0.29, 0.717) is 29.9 Å². The van der Waals surface area contributed by atoms with E-state index in [0.717, 1.165) is 12.4 Å². The lowest BCUT2D eigenvalue weighted by Gasteiger charge is -2.09. The van der Waals surface area contributed by atoms with Crippen molar-refractivity contribution in [3.8, 4) is 5.69 Å². The van der Waals surface area contributed by atoms with E-state index < -0.39 is 0 Å². The summed E-state index contributed by atoms with van der Waals surface area (Å²) in [5, 5.41) is 7.42. The third-order valence-corrected chi connectivity index (χ3v) is 5.28. The molecule has 0 radical (unpaired) electrons. The number of halogens is 2. The second-order valence-corrected chi connectivity index (χ2v) is 7.46. The molecule has 2 aromatic carbocycles. The number of aromatic nitrogens is 4. The molecule has 0 fully saturated rings. The molecule has 6 nitrogen and oxygen atoms in total. The summed E-state index contributed by atoms with van der Waals surface area (Å²) < 4.78 is 16.7. The van der Waals surface area contributed by atoms with E-state index in [-0.39, 0.29) is 16.9 Å². The number of nitrogens with zero attached hydrogens (tertiary/aromatic N) is 4. The van der Waals surface area contributed by atoms with Crippen LogP contribution in [0.5, 0.6) is 0 Å². The van der Waals surface area contributed by atoms with Crippen LogP contribution in [0.15, 0.2) is 67.0 Å². The Morgan fingerprint density at radius 3 is 2.61 bits per heavy atom. The SMILES string of the molecule is Cc1nn(-c2ccc(F)cc2)c(Cl)c1C(=O)NCCc1nccn1Cc1ccccc1. The molecular weight excluding hydrogens is 417 g/mol. The van der Waals surface area contributed by atoms with E-state index in [4.69, 9.17) is 11.6 Å². The van der Waals surface area contributed by atoms with Gasteiger partial charge in [-0.1, -0.05) is 41.9 Å². The number of hydrogen-bond acceptors (Lipinski definition) is 3. The van der Waals surface area contributed by atoms with Crippen molar-refractivity contribution in [1.82, 2.24) is 24.6 Å². The minimum Gasteiger partial charge on any atom is -0.351 e. The maximum absolute atomic E-state index is 13.2. The molecule has 4 rings (SSSR count). The molecule has 0 aliphatic carbocycles. The molecular formula is C23H21ClFN5O. The van der Waals surface area contributed by atoms with Crippen LogP contribution in [-0.2, 0) is 13.0 Å². The van der Waals surface area contributed by atoms with Crippen molar-refractivity contribution in [2.24, 2.45) is 0 Å². The topological polar surface area (TPSA) is 64.7 Å². The maximum atomic E-state index is 13.2. The molecule has 0 saturated heterocycles. The zero-order chi connectivity index (χ0) is 21.8. The number of aryl methyl sites for hydroxylation is 1. The summed E-state index contributed by atoms with van der Waals surface area (Å²) in [5.74, 6) is 0.221. The van der Waals surface area contributed by atoms with Gasteiger partial charge in [-0.15, -0.1) is 0 Å². The van der Waals surface area contributed by atoms with Gasteiger partial charge in [0.25, 0.3) is 5.91 Å². The zero-order valence-corrected chi connectivity index (χ0v) is 17.7. The highest BCUT2D eigenvalue weighted by Gasteiger charge is 2.21. The Labute approximate surface area is 184 Å². The van der Waals surface area contributed by atoms with E-state index in [1.165, 1.54) is 22.4 Å². The van der Waals surface area contributed by atoms with Crippen LogP contribution >= 0.6 is 11.6 Å². The molecule has 0 aliphatic rings. The summed E-state index contributed by atoms with van der Waals surface area (Å²) in [7, 11) is 0. The van der Waals surface area contributed by atoms with Gasteiger partial charge < -0.3 is 9.88 Å². The third kappa shape index (κ3) is 4.67. The predicted molar refractivity (Wildman–Crippen MR) is 117 cm³/mol. The monoisotopic (exact) mass is 437 g/mol. The average molecular weight is 438 g/mol. The lowest BCUT2D eigenvalue weighted by atomic mass is 10.2. The number of amides is 1. The van der Waals surface area contributed by atoms with Gasteiger partial charge in [0.05, 0.1) is 16.9 Å². The molecule has 2 heterocycles. The Balaban J connectivity index is 1.41. The first-order valence-corrected chi connectivity index (χ1v) is 10.2. The first kappa shape index (κ1) is 20.8. The van der Waals surface area contributed by atoms with Crippen LogP contribution in [-0.4, -0.2) is 31.8 Å². The van der Waals surface area contributed by atoms with Gasteiger partial charge >= 0.3 is 0 Å². The predicted octanol–water partition coefficient (Wildman–Crippen LogP) is 4.19. The number of carbonyl (C=O) groups excluding carboxylic acids is 1. The van der Waals surface area contributed by atoms with E-state index in [1.807, 2.05) is 24.4 Å². The highest BCUT2D eigenvalue weighted by Crippen LogP contribution is 2.23. The minimum atomic E-state index is -0.354. The molecule has 0 atom stereocenters. The Morgan fingerprint density at radius 2 is 1.87 bits per heavy atom. The first-order valence-electron chi connectivity index (χ1n) is 9.86. The average Bonchev–Trinajstić information content (AvgIpc) is 3.32. The summed E-state index contributed by atoms with van der Waals surface area (Å²) in [5.41, 5.74) is 2.56. The van der Waals surface area contributed by atoms with Crippen molar-refractivity contribution in [2.45, 2.75) is 19.9 Å². The smallest absolute Gasteiger partial charge is 0.256 e. The van der Waals surface area contributed by atoms with Crippen molar-refractivity contribution in [3.63, 3.8) is 0 Å². The van der Waals surface area contributed by atoms with Gasteiger partial charge in [-0.25, -0.2) is 14.1 Å². The van der Waals surface area contributed by atoms with E-state index in [1.54, 1.807) is 25.3 Å². The van der Waals surface area contributed by atoms with Crippen LogP contribution in [0.3, 0.4) is 0 Å². The number of nitrogens with one attached hydrogen (secondary N) is 1. The van der Waals surface area contributed by atoms with Gasteiger partial charge in [-0.3, -0.25) is 4.79 Å². The molecule has 1 N–H and O–H groups in total.